The fourth-order valence-corrected chi connectivity index (χ4v) is 3.88. The number of H-pyrrole nitrogens is 1. The van der Waals surface area contributed by atoms with Crippen LogP contribution in [0.15, 0.2) is 59.8 Å². The van der Waals surface area contributed by atoms with E-state index in [-0.39, 0.29) is 11.2 Å². The van der Waals surface area contributed by atoms with Crippen LogP contribution in [0.1, 0.15) is 44.2 Å². The fourth-order valence-electron chi connectivity index (χ4n) is 3.13. The Balaban J connectivity index is 1.55. The largest absolute Gasteiger partial charge is 0.355 e. The molecule has 0 saturated heterocycles. The number of benzene rings is 2. The quantitative estimate of drug-likeness (QED) is 0.498. The maximum Gasteiger partial charge on any atom is 0.233 e. The summed E-state index contributed by atoms with van der Waals surface area (Å²) in [6.45, 7) is 6.79. The van der Waals surface area contributed by atoms with E-state index in [9.17, 15) is 4.79 Å². The van der Waals surface area contributed by atoms with Crippen molar-refractivity contribution in [3.8, 4) is 11.4 Å². The van der Waals surface area contributed by atoms with Crippen LogP contribution in [-0.4, -0.2) is 32.9 Å². The van der Waals surface area contributed by atoms with Gasteiger partial charge in [-0.15, -0.1) is 5.10 Å². The highest BCUT2D eigenvalue weighted by molar-refractivity contribution is 8.00. The van der Waals surface area contributed by atoms with Gasteiger partial charge >= 0.3 is 0 Å². The van der Waals surface area contributed by atoms with Gasteiger partial charge in [-0.05, 0) is 30.9 Å². The average Bonchev–Trinajstić information content (AvgIpc) is 3.23. The number of nitrogens with one attached hydrogen (secondary N) is 2. The molecule has 0 aliphatic carbocycles. The van der Waals surface area contributed by atoms with Gasteiger partial charge in [0, 0.05) is 18.0 Å². The van der Waals surface area contributed by atoms with Gasteiger partial charge in [0.2, 0.25) is 11.1 Å². The summed E-state index contributed by atoms with van der Waals surface area (Å²) < 4.78 is 0. The molecule has 3 rings (SSSR count). The second kappa shape index (κ2) is 10.3. The predicted octanol–water partition coefficient (Wildman–Crippen LogP) is 4.82. The summed E-state index contributed by atoms with van der Waals surface area (Å²) >= 11 is 1.36. The van der Waals surface area contributed by atoms with Crippen molar-refractivity contribution in [3.63, 3.8) is 0 Å². The van der Waals surface area contributed by atoms with Gasteiger partial charge in [0.25, 0.3) is 0 Å². The number of carbonyl (C=O) groups excluding carboxylic acids is 1. The maximum atomic E-state index is 12.5. The van der Waals surface area contributed by atoms with E-state index in [0.717, 1.165) is 24.2 Å². The Hall–Kier alpha value is -2.60. The standard InChI is InChI=1S/C23H28N4OS/c1-4-17-11-13-20(14-12-17)21-25-23(27-26-21)29-16(3)22(28)24-15-18(5-2)19-9-7-6-8-10-19/h6-14,16,18H,4-5,15H2,1-3H3,(H,24,28)(H,25,26,27)/t16-,18+/m1/s1. The number of hydrogen-bond donors (Lipinski definition) is 2. The van der Waals surface area contributed by atoms with Crippen molar-refractivity contribution in [2.24, 2.45) is 0 Å². The van der Waals surface area contributed by atoms with Gasteiger partial charge in [-0.2, -0.15) is 0 Å². The summed E-state index contributed by atoms with van der Waals surface area (Å²) in [4.78, 5) is 17.1. The normalized spacial score (nSPS) is 13.1. The monoisotopic (exact) mass is 408 g/mol. The molecule has 0 aliphatic rings. The summed E-state index contributed by atoms with van der Waals surface area (Å²) in [6, 6.07) is 18.6. The van der Waals surface area contributed by atoms with Crippen LogP contribution in [0.5, 0.6) is 0 Å². The molecule has 1 aromatic heterocycles. The van der Waals surface area contributed by atoms with Gasteiger partial charge in [0.1, 0.15) is 0 Å². The highest BCUT2D eigenvalue weighted by Gasteiger charge is 2.19. The second-order valence-electron chi connectivity index (χ2n) is 7.04. The average molecular weight is 409 g/mol. The molecule has 29 heavy (non-hydrogen) atoms. The summed E-state index contributed by atoms with van der Waals surface area (Å²) in [5.41, 5.74) is 3.53. The van der Waals surface area contributed by atoms with Gasteiger partial charge in [0.15, 0.2) is 5.82 Å². The van der Waals surface area contributed by atoms with Crippen molar-refractivity contribution in [1.82, 2.24) is 20.5 Å². The number of aryl methyl sites for hydroxylation is 1. The van der Waals surface area contributed by atoms with Crippen molar-refractivity contribution < 1.29 is 4.79 Å². The molecule has 1 amide bonds. The number of aromatic amines is 1. The number of rotatable bonds is 9. The van der Waals surface area contributed by atoms with Gasteiger partial charge in [-0.25, -0.2) is 4.98 Å². The zero-order valence-electron chi connectivity index (χ0n) is 17.2. The zero-order chi connectivity index (χ0) is 20.6. The fraction of sp³-hybridized carbons (Fsp3) is 0.348. The van der Waals surface area contributed by atoms with Crippen molar-refractivity contribution in [3.05, 3.63) is 65.7 Å². The summed E-state index contributed by atoms with van der Waals surface area (Å²) in [6.07, 6.45) is 1.99. The van der Waals surface area contributed by atoms with Crippen LogP contribution < -0.4 is 5.32 Å². The lowest BCUT2D eigenvalue weighted by molar-refractivity contribution is -0.120. The molecular weight excluding hydrogens is 380 g/mol. The van der Waals surface area contributed by atoms with Crippen LogP contribution in [0.4, 0.5) is 0 Å². The molecule has 2 atom stereocenters. The molecular formula is C23H28N4OS. The molecule has 5 nitrogen and oxygen atoms in total. The van der Waals surface area contributed by atoms with Gasteiger partial charge in [0.05, 0.1) is 5.25 Å². The Morgan fingerprint density at radius 3 is 2.48 bits per heavy atom. The Morgan fingerprint density at radius 2 is 1.83 bits per heavy atom. The number of thioether (sulfide) groups is 1. The molecule has 0 aliphatic heterocycles. The van der Waals surface area contributed by atoms with Crippen molar-refractivity contribution in [2.75, 3.05) is 6.54 Å². The van der Waals surface area contributed by atoms with Crippen molar-refractivity contribution in [2.45, 2.75) is 49.9 Å². The van der Waals surface area contributed by atoms with E-state index in [1.807, 2.05) is 37.3 Å². The van der Waals surface area contributed by atoms with E-state index >= 15 is 0 Å². The summed E-state index contributed by atoms with van der Waals surface area (Å²) in [7, 11) is 0. The molecule has 3 aromatic rings. The number of hydrogen-bond acceptors (Lipinski definition) is 4. The van der Waals surface area contributed by atoms with E-state index < -0.39 is 0 Å². The predicted molar refractivity (Wildman–Crippen MR) is 119 cm³/mol. The molecule has 0 spiro atoms. The first-order valence-electron chi connectivity index (χ1n) is 10.1. The first-order valence-corrected chi connectivity index (χ1v) is 11.0. The first kappa shape index (κ1) is 21.1. The van der Waals surface area contributed by atoms with Gasteiger partial charge in [-0.1, -0.05) is 80.2 Å². The lowest BCUT2D eigenvalue weighted by atomic mass is 9.96. The number of amides is 1. The van der Waals surface area contributed by atoms with E-state index in [0.29, 0.717) is 17.6 Å². The third kappa shape index (κ3) is 5.70. The Morgan fingerprint density at radius 1 is 1.10 bits per heavy atom. The van der Waals surface area contributed by atoms with E-state index in [2.05, 4.69) is 58.6 Å². The molecule has 6 heteroatoms. The Labute approximate surface area is 176 Å². The van der Waals surface area contributed by atoms with Crippen LogP contribution in [-0.2, 0) is 11.2 Å². The minimum Gasteiger partial charge on any atom is -0.355 e. The minimum absolute atomic E-state index is 0.00281. The smallest absolute Gasteiger partial charge is 0.233 e. The van der Waals surface area contributed by atoms with E-state index in [1.165, 1.54) is 22.9 Å². The van der Waals surface area contributed by atoms with Crippen molar-refractivity contribution >= 4 is 17.7 Å². The highest BCUT2D eigenvalue weighted by Crippen LogP contribution is 2.24. The van der Waals surface area contributed by atoms with Crippen LogP contribution in [0.25, 0.3) is 11.4 Å². The van der Waals surface area contributed by atoms with E-state index in [1.54, 1.807) is 0 Å². The third-order valence-corrected chi connectivity index (χ3v) is 6.00. The molecule has 2 N–H and O–H groups in total. The molecule has 0 radical (unpaired) electrons. The Kier molecular flexibility index (Phi) is 7.47. The van der Waals surface area contributed by atoms with Gasteiger partial charge in [-0.3, -0.25) is 9.89 Å². The molecule has 0 saturated carbocycles. The molecule has 2 aromatic carbocycles. The number of nitrogens with zero attached hydrogens (tertiary/aromatic N) is 2. The lowest BCUT2D eigenvalue weighted by Crippen LogP contribution is -2.34. The summed E-state index contributed by atoms with van der Waals surface area (Å²) in [5.74, 6) is 1.04. The van der Waals surface area contributed by atoms with E-state index in [4.69, 9.17) is 0 Å². The topological polar surface area (TPSA) is 70.7 Å². The highest BCUT2D eigenvalue weighted by atomic mass is 32.2. The first-order chi connectivity index (χ1) is 14.1. The third-order valence-electron chi connectivity index (χ3n) is 5.04. The van der Waals surface area contributed by atoms with Crippen LogP contribution in [0.3, 0.4) is 0 Å². The molecule has 0 bridgehead atoms. The van der Waals surface area contributed by atoms with Crippen LogP contribution in [0.2, 0.25) is 0 Å². The number of aromatic nitrogens is 3. The molecule has 0 fully saturated rings. The zero-order valence-corrected chi connectivity index (χ0v) is 18.0. The van der Waals surface area contributed by atoms with Crippen LogP contribution >= 0.6 is 11.8 Å². The molecule has 1 heterocycles. The SMILES string of the molecule is CCc1ccc(-c2nc(S[C@H](C)C(=O)NC[C@H](CC)c3ccccc3)n[nH]2)cc1. The molecule has 152 valence electrons. The molecule has 0 unspecified atom stereocenters. The second-order valence-corrected chi connectivity index (χ2v) is 8.35. The van der Waals surface area contributed by atoms with Crippen LogP contribution in [0, 0.1) is 0 Å². The van der Waals surface area contributed by atoms with Crippen molar-refractivity contribution in [1.29, 1.82) is 0 Å². The Bertz CT molecular complexity index is 908. The number of carbonyl (C=O) groups is 1. The van der Waals surface area contributed by atoms with Gasteiger partial charge < -0.3 is 5.32 Å². The summed E-state index contributed by atoms with van der Waals surface area (Å²) in [5, 5.41) is 10.6. The minimum atomic E-state index is -0.269. The lowest BCUT2D eigenvalue weighted by Gasteiger charge is -2.17. The maximum absolute atomic E-state index is 12.5.